The zero-order valence-corrected chi connectivity index (χ0v) is 24.0. The fourth-order valence-electron chi connectivity index (χ4n) is 6.95. The predicted octanol–water partition coefficient (Wildman–Crippen LogP) is 2.99. The number of carbonyl (C=O) groups is 2. The summed E-state index contributed by atoms with van der Waals surface area (Å²) in [5.74, 6) is 0.157. The molecule has 9 nitrogen and oxygen atoms in total. The molecule has 1 spiro atoms. The molecular formula is C29H34Cl2N2O7. The molecule has 6 rings (SSSR count). The molecule has 0 unspecified atom stereocenters. The summed E-state index contributed by atoms with van der Waals surface area (Å²) in [4.78, 5) is 28.1. The summed E-state index contributed by atoms with van der Waals surface area (Å²) in [7, 11) is 3.62. The number of methoxy groups -OCH3 is 1. The van der Waals surface area contributed by atoms with E-state index in [4.69, 9.17) is 24.7 Å². The van der Waals surface area contributed by atoms with E-state index in [-0.39, 0.29) is 43.8 Å². The van der Waals surface area contributed by atoms with Gasteiger partial charge in [0.2, 0.25) is 6.10 Å². The van der Waals surface area contributed by atoms with E-state index in [0.29, 0.717) is 42.1 Å². The van der Waals surface area contributed by atoms with Gasteiger partial charge < -0.3 is 34.7 Å². The van der Waals surface area contributed by atoms with Gasteiger partial charge in [0.1, 0.15) is 5.76 Å². The Balaban J connectivity index is 0.00000185. The summed E-state index contributed by atoms with van der Waals surface area (Å²) in [5.41, 5.74) is 6.14. The molecular weight excluding hydrogens is 559 g/mol. The van der Waals surface area contributed by atoms with Gasteiger partial charge in [-0.1, -0.05) is 36.4 Å². The van der Waals surface area contributed by atoms with E-state index in [1.807, 2.05) is 25.2 Å². The van der Waals surface area contributed by atoms with Crippen molar-refractivity contribution in [2.75, 3.05) is 27.2 Å². The zero-order valence-electron chi connectivity index (χ0n) is 22.3. The minimum atomic E-state index is -1.26. The number of benzene rings is 2. The van der Waals surface area contributed by atoms with Gasteiger partial charge >= 0.3 is 11.9 Å². The molecule has 11 heteroatoms. The van der Waals surface area contributed by atoms with Gasteiger partial charge in [-0.2, -0.15) is 0 Å². The fraction of sp³-hybridized carbons (Fsp3) is 0.448. The maximum Gasteiger partial charge on any atom is 0.357 e. The number of nitrogens with zero attached hydrogens (tertiary/aromatic N) is 1. The molecule has 2 aromatic carbocycles. The van der Waals surface area contributed by atoms with Crippen molar-refractivity contribution in [1.29, 1.82) is 0 Å². The van der Waals surface area contributed by atoms with Gasteiger partial charge in [-0.15, -0.1) is 24.8 Å². The van der Waals surface area contributed by atoms with Crippen molar-refractivity contribution in [2.45, 2.75) is 54.9 Å². The van der Waals surface area contributed by atoms with Crippen molar-refractivity contribution in [3.8, 4) is 11.5 Å². The lowest BCUT2D eigenvalue weighted by Gasteiger charge is -2.61. The smallest absolute Gasteiger partial charge is 0.357 e. The van der Waals surface area contributed by atoms with E-state index < -0.39 is 35.2 Å². The normalized spacial score (nSPS) is 27.9. The average molecular weight is 594 g/mol. The van der Waals surface area contributed by atoms with Gasteiger partial charge in [0.25, 0.3) is 0 Å². The molecule has 3 N–H and O–H groups in total. The average Bonchev–Trinajstić information content (AvgIpc) is 3.27. The molecule has 4 aliphatic rings. The van der Waals surface area contributed by atoms with Gasteiger partial charge in [0, 0.05) is 30.1 Å². The van der Waals surface area contributed by atoms with E-state index in [9.17, 15) is 14.7 Å². The van der Waals surface area contributed by atoms with Crippen LogP contribution in [0.3, 0.4) is 0 Å². The lowest BCUT2D eigenvalue weighted by Crippen LogP contribution is -2.74. The van der Waals surface area contributed by atoms with Crippen LogP contribution in [0.25, 0.3) is 0 Å². The summed E-state index contributed by atoms with van der Waals surface area (Å²) >= 11 is 0. The number of hydrogen-bond donors (Lipinski definition) is 2. The SMILES string of the molecule is COc1ccc2c3c1O[C@H]1C(OC(=O)[C@@H](OC(=O)CCN)c4ccccc4)=CC[C@@]4(O)[C@@H](C2)N(C)CC[C@]314.Cl.Cl. The molecule has 0 aromatic heterocycles. The van der Waals surface area contributed by atoms with Gasteiger partial charge in [0.15, 0.2) is 17.6 Å². The summed E-state index contributed by atoms with van der Waals surface area (Å²) in [6.07, 6.45) is 1.34. The maximum atomic E-state index is 13.6. The number of aliphatic hydroxyl groups is 1. The Morgan fingerprint density at radius 3 is 2.65 bits per heavy atom. The number of likely N-dealkylation sites (N-methyl/N-ethyl adjacent to an activating group) is 1. The lowest BCUT2D eigenvalue weighted by molar-refractivity contribution is -0.176. The second kappa shape index (κ2) is 11.2. The Labute approximate surface area is 245 Å². The van der Waals surface area contributed by atoms with Crippen molar-refractivity contribution < 1.29 is 33.6 Å². The van der Waals surface area contributed by atoms with Crippen molar-refractivity contribution in [2.24, 2.45) is 5.73 Å². The first-order valence-electron chi connectivity index (χ1n) is 13.0. The number of halogens is 2. The number of ether oxygens (including phenoxy) is 4. The molecule has 40 heavy (non-hydrogen) atoms. The Morgan fingerprint density at radius 2 is 1.95 bits per heavy atom. The van der Waals surface area contributed by atoms with Gasteiger partial charge in [0.05, 0.1) is 24.5 Å². The molecule has 0 amide bonds. The van der Waals surface area contributed by atoms with Crippen LogP contribution >= 0.6 is 24.8 Å². The van der Waals surface area contributed by atoms with Crippen LogP contribution < -0.4 is 15.2 Å². The van der Waals surface area contributed by atoms with Crippen LogP contribution in [0.5, 0.6) is 11.5 Å². The van der Waals surface area contributed by atoms with Crippen LogP contribution in [0.1, 0.15) is 42.1 Å². The highest BCUT2D eigenvalue weighted by Crippen LogP contribution is 2.65. The van der Waals surface area contributed by atoms with E-state index in [2.05, 4.69) is 4.90 Å². The van der Waals surface area contributed by atoms with Gasteiger partial charge in [-0.3, -0.25) is 4.79 Å². The predicted molar refractivity (Wildman–Crippen MR) is 151 cm³/mol. The molecule has 1 saturated heterocycles. The summed E-state index contributed by atoms with van der Waals surface area (Å²) < 4.78 is 23.7. The molecule has 2 aromatic rings. The minimum absolute atomic E-state index is 0. The third-order valence-corrected chi connectivity index (χ3v) is 8.69. The second-order valence-corrected chi connectivity index (χ2v) is 10.5. The minimum Gasteiger partial charge on any atom is -0.493 e. The number of carbonyl (C=O) groups excluding carboxylic acids is 2. The van der Waals surface area contributed by atoms with Crippen molar-refractivity contribution in [3.63, 3.8) is 0 Å². The summed E-state index contributed by atoms with van der Waals surface area (Å²) in [5, 5.41) is 12.3. The van der Waals surface area contributed by atoms with E-state index in [1.54, 1.807) is 37.5 Å². The number of piperidine rings is 1. The first-order valence-corrected chi connectivity index (χ1v) is 13.0. The topological polar surface area (TPSA) is 121 Å². The number of nitrogens with two attached hydrogens (primary N) is 1. The van der Waals surface area contributed by atoms with E-state index >= 15 is 0 Å². The van der Waals surface area contributed by atoms with Gasteiger partial charge in [-0.25, -0.2) is 4.79 Å². The molecule has 2 heterocycles. The number of likely N-dealkylation sites (tertiary alicyclic amines) is 1. The fourth-order valence-corrected chi connectivity index (χ4v) is 6.95. The zero-order chi connectivity index (χ0) is 26.7. The molecule has 0 saturated carbocycles. The highest BCUT2D eigenvalue weighted by Gasteiger charge is 2.72. The molecule has 1 fully saturated rings. The first-order chi connectivity index (χ1) is 18.3. The first kappa shape index (κ1) is 30.1. The quantitative estimate of drug-likeness (QED) is 0.467. The van der Waals surface area contributed by atoms with Crippen molar-refractivity contribution in [1.82, 2.24) is 4.90 Å². The third kappa shape index (κ3) is 4.26. The highest BCUT2D eigenvalue weighted by molar-refractivity contribution is 5.85. The summed E-state index contributed by atoms with van der Waals surface area (Å²) in [6.45, 7) is 0.864. The van der Waals surface area contributed by atoms with Crippen LogP contribution in [0.15, 0.2) is 54.3 Å². The Hall–Kier alpha value is -2.82. The lowest BCUT2D eigenvalue weighted by atomic mass is 9.50. The van der Waals surface area contributed by atoms with Crippen LogP contribution in [0, 0.1) is 0 Å². The van der Waals surface area contributed by atoms with E-state index in [0.717, 1.165) is 17.7 Å². The van der Waals surface area contributed by atoms with Crippen LogP contribution in [0.2, 0.25) is 0 Å². The number of hydrogen-bond acceptors (Lipinski definition) is 9. The van der Waals surface area contributed by atoms with E-state index in [1.165, 1.54) is 0 Å². The van der Waals surface area contributed by atoms with Crippen LogP contribution in [-0.4, -0.2) is 66.9 Å². The second-order valence-electron chi connectivity index (χ2n) is 10.5. The Kier molecular flexibility index (Phi) is 8.45. The number of esters is 2. The van der Waals surface area contributed by atoms with Crippen LogP contribution in [0.4, 0.5) is 0 Å². The van der Waals surface area contributed by atoms with Crippen molar-refractivity contribution >= 4 is 36.8 Å². The van der Waals surface area contributed by atoms with Gasteiger partial charge in [-0.05, 0) is 44.1 Å². The highest BCUT2D eigenvalue weighted by atomic mass is 35.5. The molecule has 5 atom stereocenters. The summed E-state index contributed by atoms with van der Waals surface area (Å²) in [6, 6.07) is 12.6. The molecule has 2 aliphatic heterocycles. The largest absolute Gasteiger partial charge is 0.493 e. The van der Waals surface area contributed by atoms with Crippen LogP contribution in [-0.2, 0) is 30.9 Å². The molecule has 2 aliphatic carbocycles. The monoisotopic (exact) mass is 592 g/mol. The molecule has 0 radical (unpaired) electrons. The Bertz CT molecular complexity index is 1320. The maximum absolute atomic E-state index is 13.6. The number of rotatable bonds is 7. The standard InChI is InChI=1S/C29H32N2O7.2ClH/c1-31-15-13-28-23-18-8-9-19(35-2)25(23)38-26(28)20(10-12-29(28,34)21(31)16-18)36-27(33)24(37-22(32)11-14-30)17-6-4-3-5-7-17;;/h3-10,21,24,26,34H,11-16,30H2,1-2H3;2*1H/t21-,24+,26+,28+,29-;;/m1../s1. The third-order valence-electron chi connectivity index (χ3n) is 8.69. The molecule has 2 bridgehead atoms. The van der Waals surface area contributed by atoms with Crippen molar-refractivity contribution in [3.05, 3.63) is 71.0 Å². The molecule has 216 valence electrons. The Morgan fingerprint density at radius 1 is 1.20 bits per heavy atom.